The molecule has 20 heavy (non-hydrogen) atoms. The zero-order chi connectivity index (χ0) is 14.5. The normalized spacial score (nSPS) is 17.1. The van der Waals surface area contributed by atoms with Crippen molar-refractivity contribution in [2.45, 2.75) is 38.6 Å². The Balaban J connectivity index is 1.83. The van der Waals surface area contributed by atoms with Gasteiger partial charge in [-0.25, -0.2) is 0 Å². The fourth-order valence-electron chi connectivity index (χ4n) is 2.68. The summed E-state index contributed by atoms with van der Waals surface area (Å²) in [5, 5.41) is 6.95. The van der Waals surface area contributed by atoms with Gasteiger partial charge < -0.3 is 10.6 Å². The second kappa shape index (κ2) is 7.30. The summed E-state index contributed by atoms with van der Waals surface area (Å²) in [5.41, 5.74) is 0.483. The Morgan fingerprint density at radius 3 is 2.50 bits per heavy atom. The third-order valence-corrected chi connectivity index (χ3v) is 4.55. The van der Waals surface area contributed by atoms with Crippen molar-refractivity contribution in [2.24, 2.45) is 5.92 Å². The van der Waals surface area contributed by atoms with Gasteiger partial charge in [0.25, 0.3) is 0 Å². The average molecular weight is 315 g/mol. The van der Waals surface area contributed by atoms with Gasteiger partial charge in [-0.15, -0.1) is 0 Å². The molecule has 0 spiro atoms. The van der Waals surface area contributed by atoms with Crippen molar-refractivity contribution in [1.82, 2.24) is 5.32 Å². The molecule has 0 aliphatic heterocycles. The van der Waals surface area contributed by atoms with Crippen LogP contribution in [0.4, 0.5) is 5.69 Å². The number of amides is 1. The fraction of sp³-hybridized carbons (Fsp3) is 0.533. The average Bonchev–Trinajstić information content (AvgIpc) is 2.94. The van der Waals surface area contributed by atoms with E-state index in [1.807, 2.05) is 0 Å². The summed E-state index contributed by atoms with van der Waals surface area (Å²) in [6.07, 6.45) is 5.12. The molecule has 1 atom stereocenters. The Labute approximate surface area is 130 Å². The lowest BCUT2D eigenvalue weighted by atomic mass is 10.00. The Morgan fingerprint density at radius 2 is 1.90 bits per heavy atom. The smallest absolute Gasteiger partial charge is 0.238 e. The molecule has 110 valence electrons. The van der Waals surface area contributed by atoms with Crippen LogP contribution in [0.1, 0.15) is 32.6 Å². The van der Waals surface area contributed by atoms with E-state index < -0.39 is 0 Å². The maximum absolute atomic E-state index is 11.9. The predicted molar refractivity (Wildman–Crippen MR) is 84.5 cm³/mol. The Kier molecular flexibility index (Phi) is 5.70. The van der Waals surface area contributed by atoms with Crippen molar-refractivity contribution >= 4 is 34.8 Å². The lowest BCUT2D eigenvalue weighted by molar-refractivity contribution is -0.115. The molecule has 1 aliphatic carbocycles. The second-order valence-electron chi connectivity index (χ2n) is 5.36. The number of benzene rings is 1. The highest BCUT2D eigenvalue weighted by Gasteiger charge is 2.21. The van der Waals surface area contributed by atoms with Gasteiger partial charge in [0.15, 0.2) is 0 Å². The molecule has 0 bridgehead atoms. The summed E-state index contributed by atoms with van der Waals surface area (Å²) in [6, 6.07) is 5.53. The van der Waals surface area contributed by atoms with Crippen molar-refractivity contribution < 1.29 is 4.79 Å². The molecule has 2 rings (SSSR count). The van der Waals surface area contributed by atoms with Crippen LogP contribution in [0.25, 0.3) is 0 Å². The zero-order valence-electron chi connectivity index (χ0n) is 11.6. The van der Waals surface area contributed by atoms with Crippen LogP contribution in [-0.4, -0.2) is 18.5 Å². The minimum absolute atomic E-state index is 0.121. The topological polar surface area (TPSA) is 41.1 Å². The van der Waals surface area contributed by atoms with Crippen molar-refractivity contribution in [3.05, 3.63) is 28.2 Å². The number of anilines is 1. The Morgan fingerprint density at radius 1 is 1.30 bits per heavy atom. The highest BCUT2D eigenvalue weighted by atomic mass is 35.5. The van der Waals surface area contributed by atoms with Crippen LogP contribution in [0.5, 0.6) is 0 Å². The molecule has 0 radical (unpaired) electrons. The number of nitrogens with one attached hydrogen (secondary N) is 2. The predicted octanol–water partition coefficient (Wildman–Crippen LogP) is 4.10. The molecule has 1 unspecified atom stereocenters. The van der Waals surface area contributed by atoms with E-state index in [9.17, 15) is 4.79 Å². The largest absolute Gasteiger partial charge is 0.322 e. The number of hydrogen-bond acceptors (Lipinski definition) is 2. The third-order valence-electron chi connectivity index (χ3n) is 3.92. The van der Waals surface area contributed by atoms with Crippen molar-refractivity contribution in [3.63, 3.8) is 0 Å². The van der Waals surface area contributed by atoms with Crippen LogP contribution >= 0.6 is 23.2 Å². The van der Waals surface area contributed by atoms with Crippen LogP contribution in [0, 0.1) is 5.92 Å². The van der Waals surface area contributed by atoms with E-state index in [0.717, 1.165) is 0 Å². The molecule has 3 nitrogen and oxygen atoms in total. The minimum atomic E-state index is -0.121. The SMILES string of the molecule is CC(NCC(=O)Nc1c(Cl)cccc1Cl)C1CCCC1. The van der Waals surface area contributed by atoms with E-state index in [4.69, 9.17) is 23.2 Å². The number of carbonyl (C=O) groups is 1. The number of rotatable bonds is 5. The first-order chi connectivity index (χ1) is 9.58. The molecule has 2 N–H and O–H groups in total. The molecular formula is C15H20Cl2N2O. The molecule has 1 aromatic carbocycles. The highest BCUT2D eigenvalue weighted by molar-refractivity contribution is 6.39. The molecular weight excluding hydrogens is 295 g/mol. The maximum atomic E-state index is 11.9. The van der Waals surface area contributed by atoms with Crippen molar-refractivity contribution in [2.75, 3.05) is 11.9 Å². The molecule has 5 heteroatoms. The molecule has 1 aromatic rings. The monoisotopic (exact) mass is 314 g/mol. The van der Waals surface area contributed by atoms with Gasteiger partial charge >= 0.3 is 0 Å². The van der Waals surface area contributed by atoms with Gasteiger partial charge in [-0.1, -0.05) is 42.1 Å². The number of hydrogen-bond donors (Lipinski definition) is 2. The minimum Gasteiger partial charge on any atom is -0.322 e. The lowest BCUT2D eigenvalue weighted by Gasteiger charge is -2.20. The van der Waals surface area contributed by atoms with Crippen LogP contribution < -0.4 is 10.6 Å². The molecule has 0 saturated heterocycles. The van der Waals surface area contributed by atoms with E-state index in [2.05, 4.69) is 17.6 Å². The molecule has 1 amide bonds. The van der Waals surface area contributed by atoms with Gasteiger partial charge in [0.2, 0.25) is 5.91 Å². The standard InChI is InChI=1S/C15H20Cl2N2O/c1-10(11-5-2-3-6-11)18-9-14(20)19-15-12(16)7-4-8-13(15)17/h4,7-8,10-11,18H,2-3,5-6,9H2,1H3,(H,19,20). The van der Waals surface area contributed by atoms with Gasteiger partial charge in [-0.2, -0.15) is 0 Å². The molecule has 0 heterocycles. The van der Waals surface area contributed by atoms with E-state index >= 15 is 0 Å². The van der Waals surface area contributed by atoms with E-state index in [1.165, 1.54) is 25.7 Å². The summed E-state index contributed by atoms with van der Waals surface area (Å²) in [5.74, 6) is 0.566. The summed E-state index contributed by atoms with van der Waals surface area (Å²) in [6.45, 7) is 2.42. The third kappa shape index (κ3) is 4.11. The molecule has 1 aliphatic rings. The maximum Gasteiger partial charge on any atom is 0.238 e. The first kappa shape index (κ1) is 15.6. The number of halogens is 2. The highest BCUT2D eigenvalue weighted by Crippen LogP contribution is 2.30. The summed E-state index contributed by atoms with van der Waals surface area (Å²) < 4.78 is 0. The Bertz CT molecular complexity index is 453. The van der Waals surface area contributed by atoms with Crippen LogP contribution in [0.2, 0.25) is 10.0 Å². The zero-order valence-corrected chi connectivity index (χ0v) is 13.1. The van der Waals surface area contributed by atoms with Gasteiger partial charge in [0, 0.05) is 6.04 Å². The number of carbonyl (C=O) groups excluding carboxylic acids is 1. The summed E-state index contributed by atoms with van der Waals surface area (Å²) in [7, 11) is 0. The van der Waals surface area contributed by atoms with Gasteiger partial charge in [-0.3, -0.25) is 4.79 Å². The fourth-order valence-corrected chi connectivity index (χ4v) is 3.17. The van der Waals surface area contributed by atoms with E-state index in [0.29, 0.717) is 27.7 Å². The number of para-hydroxylation sites is 1. The summed E-state index contributed by atoms with van der Waals surface area (Å²) >= 11 is 12.0. The lowest BCUT2D eigenvalue weighted by Crippen LogP contribution is -2.38. The first-order valence-electron chi connectivity index (χ1n) is 7.05. The molecule has 0 aromatic heterocycles. The Hall–Kier alpha value is -0.770. The summed E-state index contributed by atoms with van der Waals surface area (Å²) in [4.78, 5) is 11.9. The van der Waals surface area contributed by atoms with Crippen molar-refractivity contribution in [1.29, 1.82) is 0 Å². The molecule has 1 fully saturated rings. The van der Waals surface area contributed by atoms with Gasteiger partial charge in [0.1, 0.15) is 0 Å². The van der Waals surface area contributed by atoms with Crippen LogP contribution in [0.15, 0.2) is 18.2 Å². The van der Waals surface area contributed by atoms with Gasteiger partial charge in [0.05, 0.1) is 22.3 Å². The van der Waals surface area contributed by atoms with Crippen molar-refractivity contribution in [3.8, 4) is 0 Å². The second-order valence-corrected chi connectivity index (χ2v) is 6.17. The quantitative estimate of drug-likeness (QED) is 0.859. The van der Waals surface area contributed by atoms with Gasteiger partial charge in [-0.05, 0) is 37.8 Å². The molecule has 1 saturated carbocycles. The van der Waals surface area contributed by atoms with Crippen LogP contribution in [-0.2, 0) is 4.79 Å². The van der Waals surface area contributed by atoms with E-state index in [1.54, 1.807) is 18.2 Å². The van der Waals surface area contributed by atoms with Crippen LogP contribution in [0.3, 0.4) is 0 Å². The first-order valence-corrected chi connectivity index (χ1v) is 7.80. The van der Waals surface area contributed by atoms with E-state index in [-0.39, 0.29) is 12.5 Å².